The molecule has 170 valence electrons. The number of nitrogens with zero attached hydrogens (tertiary/aromatic N) is 2. The Morgan fingerprint density at radius 2 is 1.90 bits per heavy atom. The van der Waals surface area contributed by atoms with Crippen LogP contribution < -0.4 is 10.2 Å². The van der Waals surface area contributed by atoms with Gasteiger partial charge in [0.05, 0.1) is 24.5 Å². The zero-order valence-electron chi connectivity index (χ0n) is 18.5. The van der Waals surface area contributed by atoms with E-state index in [4.69, 9.17) is 4.74 Å². The van der Waals surface area contributed by atoms with E-state index in [0.29, 0.717) is 37.6 Å². The van der Waals surface area contributed by atoms with E-state index in [0.717, 1.165) is 35.5 Å². The second-order valence-electron chi connectivity index (χ2n) is 8.07. The first kappa shape index (κ1) is 23.2. The van der Waals surface area contributed by atoms with Gasteiger partial charge in [-0.1, -0.05) is 19.1 Å². The first-order chi connectivity index (χ1) is 14.6. The molecule has 1 aromatic carbocycles. The summed E-state index contributed by atoms with van der Waals surface area (Å²) in [6, 6.07) is 5.28. The summed E-state index contributed by atoms with van der Waals surface area (Å²) in [4.78, 5) is 15.4. The zero-order valence-corrected chi connectivity index (χ0v) is 18.5. The van der Waals surface area contributed by atoms with Crippen LogP contribution in [0.2, 0.25) is 0 Å². The number of carbonyl (C=O) groups excluding carboxylic acids is 1. The molecule has 8 heteroatoms. The highest BCUT2D eigenvalue weighted by molar-refractivity contribution is 5.96. The molecule has 0 bridgehead atoms. The molecule has 2 heterocycles. The van der Waals surface area contributed by atoms with Gasteiger partial charge in [-0.2, -0.15) is 13.2 Å². The minimum absolute atomic E-state index is 0.00375. The molecule has 1 amide bonds. The van der Waals surface area contributed by atoms with Gasteiger partial charge in [-0.25, -0.2) is 0 Å². The molecule has 0 radical (unpaired) electrons. The summed E-state index contributed by atoms with van der Waals surface area (Å²) in [7, 11) is 0. The van der Waals surface area contributed by atoms with Crippen molar-refractivity contribution in [2.24, 2.45) is 0 Å². The van der Waals surface area contributed by atoms with E-state index >= 15 is 0 Å². The maximum atomic E-state index is 13.2. The molecule has 0 spiro atoms. The van der Waals surface area contributed by atoms with E-state index in [1.165, 1.54) is 6.07 Å². The van der Waals surface area contributed by atoms with Gasteiger partial charge in [0.2, 0.25) is 0 Å². The number of hydrogen-bond donors (Lipinski definition) is 1. The number of nitrogens with one attached hydrogen (secondary N) is 1. The van der Waals surface area contributed by atoms with Crippen molar-refractivity contribution in [3.63, 3.8) is 0 Å². The molecule has 3 rings (SSSR count). The Balaban J connectivity index is 2.06. The van der Waals surface area contributed by atoms with Crippen LogP contribution in [0.4, 0.5) is 18.9 Å². The number of ether oxygens (including phenoxy) is 1. The Labute approximate surface area is 181 Å². The molecule has 1 aliphatic rings. The average molecular weight is 438 g/mol. The summed E-state index contributed by atoms with van der Waals surface area (Å²) >= 11 is 0. The second-order valence-corrected chi connectivity index (χ2v) is 8.07. The van der Waals surface area contributed by atoms with Gasteiger partial charge >= 0.3 is 6.18 Å². The molecule has 1 atom stereocenters. The van der Waals surface area contributed by atoms with Gasteiger partial charge < -0.3 is 19.5 Å². The lowest BCUT2D eigenvalue weighted by molar-refractivity contribution is -0.137. The molecule has 1 aromatic heterocycles. The fraction of sp³-hybridized carbons (Fsp3) is 0.522. The summed E-state index contributed by atoms with van der Waals surface area (Å²) in [5, 5.41) is 3.01. The normalized spacial score (nSPS) is 15.8. The highest BCUT2D eigenvalue weighted by atomic mass is 19.4. The Kier molecular flexibility index (Phi) is 6.99. The van der Waals surface area contributed by atoms with E-state index < -0.39 is 11.7 Å². The maximum absolute atomic E-state index is 13.2. The smallest absolute Gasteiger partial charge is 0.378 e. The van der Waals surface area contributed by atoms with E-state index in [-0.39, 0.29) is 18.5 Å². The van der Waals surface area contributed by atoms with Gasteiger partial charge in [0.15, 0.2) is 0 Å². The number of aromatic nitrogens is 1. The van der Waals surface area contributed by atoms with Gasteiger partial charge in [0.1, 0.15) is 5.69 Å². The standard InChI is InChI=1S/C23H30F3N3O2/c1-5-15(2)27-22(30)21-16(3)20(28-9-11-31-12-10-28)17(4)29(21)14-18-7-6-8-19(13-18)23(24,25)26/h6-8,13,15H,5,9-12,14H2,1-4H3,(H,27,30). The second kappa shape index (κ2) is 9.34. The van der Waals surface area contributed by atoms with Gasteiger partial charge in [-0.15, -0.1) is 0 Å². The van der Waals surface area contributed by atoms with Gasteiger partial charge in [-0.3, -0.25) is 4.79 Å². The van der Waals surface area contributed by atoms with E-state index in [1.54, 1.807) is 6.07 Å². The van der Waals surface area contributed by atoms with Crippen molar-refractivity contribution in [1.29, 1.82) is 0 Å². The predicted octanol–water partition coefficient (Wildman–Crippen LogP) is 4.54. The quantitative estimate of drug-likeness (QED) is 0.722. The van der Waals surface area contributed by atoms with Crippen molar-refractivity contribution in [3.05, 3.63) is 52.3 Å². The van der Waals surface area contributed by atoms with Crippen molar-refractivity contribution >= 4 is 11.6 Å². The third-order valence-electron chi connectivity index (χ3n) is 5.86. The highest BCUT2D eigenvalue weighted by Crippen LogP contribution is 2.33. The van der Waals surface area contributed by atoms with Crippen LogP contribution in [0.5, 0.6) is 0 Å². The lowest BCUT2D eigenvalue weighted by atomic mass is 10.1. The molecule has 1 fully saturated rings. The minimum Gasteiger partial charge on any atom is -0.378 e. The monoisotopic (exact) mass is 437 g/mol. The van der Waals surface area contributed by atoms with E-state index in [1.807, 2.05) is 32.3 Å². The van der Waals surface area contributed by atoms with E-state index in [2.05, 4.69) is 10.2 Å². The molecule has 5 nitrogen and oxygen atoms in total. The van der Waals surface area contributed by atoms with Crippen LogP contribution in [-0.4, -0.2) is 42.8 Å². The molecule has 0 saturated carbocycles. The third-order valence-corrected chi connectivity index (χ3v) is 5.86. The van der Waals surface area contributed by atoms with Gasteiger partial charge in [0, 0.05) is 36.9 Å². The molecule has 2 aromatic rings. The van der Waals surface area contributed by atoms with Crippen LogP contribution in [0.25, 0.3) is 0 Å². The van der Waals surface area contributed by atoms with Crippen LogP contribution in [0.3, 0.4) is 0 Å². The average Bonchev–Trinajstić information content (AvgIpc) is 2.97. The fourth-order valence-electron chi connectivity index (χ4n) is 4.05. The Bertz CT molecular complexity index is 931. The van der Waals surface area contributed by atoms with Gasteiger partial charge in [0.25, 0.3) is 5.91 Å². The molecule has 1 aliphatic heterocycles. The van der Waals surface area contributed by atoms with Crippen molar-refractivity contribution in [1.82, 2.24) is 9.88 Å². The van der Waals surface area contributed by atoms with Crippen LogP contribution in [-0.2, 0) is 17.5 Å². The Morgan fingerprint density at radius 3 is 2.52 bits per heavy atom. The highest BCUT2D eigenvalue weighted by Gasteiger charge is 2.31. The summed E-state index contributed by atoms with van der Waals surface area (Å²) in [5.41, 5.74) is 2.98. The summed E-state index contributed by atoms with van der Waals surface area (Å²) in [5.74, 6) is -0.207. The van der Waals surface area contributed by atoms with Crippen LogP contribution in [0, 0.1) is 13.8 Å². The first-order valence-corrected chi connectivity index (χ1v) is 10.6. The van der Waals surface area contributed by atoms with E-state index in [9.17, 15) is 18.0 Å². The SMILES string of the molecule is CCC(C)NC(=O)c1c(C)c(N2CCOCC2)c(C)n1Cc1cccc(C(F)(F)F)c1. The largest absolute Gasteiger partial charge is 0.416 e. The Morgan fingerprint density at radius 1 is 1.23 bits per heavy atom. The fourth-order valence-corrected chi connectivity index (χ4v) is 4.05. The number of rotatable bonds is 6. The lowest BCUT2D eigenvalue weighted by Gasteiger charge is -2.29. The Hall–Kier alpha value is -2.48. The number of anilines is 1. The lowest BCUT2D eigenvalue weighted by Crippen LogP contribution is -2.37. The third kappa shape index (κ3) is 5.06. The first-order valence-electron chi connectivity index (χ1n) is 10.6. The van der Waals surface area contributed by atoms with Crippen molar-refractivity contribution < 1.29 is 22.7 Å². The number of amides is 1. The van der Waals surface area contributed by atoms with Crippen LogP contribution in [0.15, 0.2) is 24.3 Å². The maximum Gasteiger partial charge on any atom is 0.416 e. The molecular formula is C23H30F3N3O2. The number of carbonyl (C=O) groups is 1. The topological polar surface area (TPSA) is 46.5 Å². The van der Waals surface area contributed by atoms with Crippen molar-refractivity contribution in [3.8, 4) is 0 Å². The number of halogens is 3. The molecule has 31 heavy (non-hydrogen) atoms. The van der Waals surface area contributed by atoms with Gasteiger partial charge in [-0.05, 0) is 44.9 Å². The van der Waals surface area contributed by atoms with Crippen LogP contribution in [0.1, 0.15) is 53.1 Å². The molecular weight excluding hydrogens is 407 g/mol. The molecule has 1 saturated heterocycles. The minimum atomic E-state index is -4.41. The van der Waals surface area contributed by atoms with Crippen LogP contribution >= 0.6 is 0 Å². The number of alkyl halides is 3. The number of hydrogen-bond acceptors (Lipinski definition) is 3. The van der Waals surface area contributed by atoms with Crippen molar-refractivity contribution in [2.75, 3.05) is 31.2 Å². The number of morpholine rings is 1. The molecule has 0 aliphatic carbocycles. The summed E-state index contributed by atoms with van der Waals surface area (Å²) in [6.45, 7) is 10.6. The van der Waals surface area contributed by atoms with Crippen molar-refractivity contribution in [2.45, 2.75) is 52.9 Å². The summed E-state index contributed by atoms with van der Waals surface area (Å²) < 4.78 is 46.9. The zero-order chi connectivity index (χ0) is 22.8. The summed E-state index contributed by atoms with van der Waals surface area (Å²) in [6.07, 6.45) is -3.62. The predicted molar refractivity (Wildman–Crippen MR) is 115 cm³/mol. The molecule has 1 N–H and O–H groups in total. The molecule has 1 unspecified atom stereocenters. The number of benzene rings is 1.